The zero-order valence-electron chi connectivity index (χ0n) is 15.8. The first kappa shape index (κ1) is 18.9. The Morgan fingerprint density at radius 1 is 1.14 bits per heavy atom. The Hall–Kier alpha value is -3.45. The number of aryl methyl sites for hydroxylation is 1. The molecule has 0 saturated heterocycles. The number of thiazole rings is 1. The molecule has 0 spiro atoms. The normalized spacial score (nSPS) is 10.9. The first-order chi connectivity index (χ1) is 14.0. The quantitative estimate of drug-likeness (QED) is 0.495. The van der Waals surface area contributed by atoms with Crippen LogP contribution in [0.3, 0.4) is 0 Å². The van der Waals surface area contributed by atoms with Gasteiger partial charge < -0.3 is 10.4 Å². The number of nitrogens with one attached hydrogen (secondary N) is 1. The molecule has 0 bridgehead atoms. The van der Waals surface area contributed by atoms with E-state index in [0.29, 0.717) is 5.69 Å². The molecule has 0 unspecified atom stereocenters. The Morgan fingerprint density at radius 2 is 1.90 bits per heavy atom. The Bertz CT molecular complexity index is 1190. The van der Waals surface area contributed by atoms with Crippen molar-refractivity contribution in [3.05, 3.63) is 76.9 Å². The fourth-order valence-corrected chi connectivity index (χ4v) is 4.02. The van der Waals surface area contributed by atoms with Crippen molar-refractivity contribution in [1.82, 2.24) is 9.38 Å². The standard InChI is InChI=1S/C22H19N3O3S/c1-2-14-7-9-15(10-8-14)19-12-25-16(13-29-22(25)24-19)11-20(26)23-18-6-4-3-5-17(18)21(27)28/h3-10,12-13H,2,11H2,1H3,(H,23,26)(H,27,28). The number of imidazole rings is 1. The Morgan fingerprint density at radius 3 is 2.62 bits per heavy atom. The van der Waals surface area contributed by atoms with E-state index in [1.54, 1.807) is 18.2 Å². The van der Waals surface area contributed by atoms with Crippen molar-refractivity contribution in [3.8, 4) is 11.3 Å². The van der Waals surface area contributed by atoms with Crippen molar-refractivity contribution >= 4 is 33.9 Å². The van der Waals surface area contributed by atoms with Gasteiger partial charge in [0.1, 0.15) is 0 Å². The summed E-state index contributed by atoms with van der Waals surface area (Å²) in [5.74, 6) is -1.35. The predicted molar refractivity (Wildman–Crippen MR) is 114 cm³/mol. The molecule has 6 nitrogen and oxygen atoms in total. The summed E-state index contributed by atoms with van der Waals surface area (Å²) in [5.41, 5.74) is 4.32. The van der Waals surface area contributed by atoms with Crippen LogP contribution in [0.1, 0.15) is 28.5 Å². The van der Waals surface area contributed by atoms with E-state index in [0.717, 1.165) is 28.3 Å². The van der Waals surface area contributed by atoms with Gasteiger partial charge in [0.25, 0.3) is 0 Å². The summed E-state index contributed by atoms with van der Waals surface area (Å²) < 4.78 is 1.91. The van der Waals surface area contributed by atoms with Gasteiger partial charge in [0, 0.05) is 22.8 Å². The minimum absolute atomic E-state index is 0.0664. The molecule has 0 saturated carbocycles. The number of aromatic nitrogens is 2. The highest BCUT2D eigenvalue weighted by Crippen LogP contribution is 2.25. The number of para-hydroxylation sites is 1. The maximum absolute atomic E-state index is 12.5. The minimum atomic E-state index is -1.08. The maximum atomic E-state index is 12.5. The molecule has 0 atom stereocenters. The molecule has 146 valence electrons. The predicted octanol–water partition coefficient (Wildman–Crippen LogP) is 4.50. The number of nitrogens with zero attached hydrogens (tertiary/aromatic N) is 2. The van der Waals surface area contributed by atoms with Gasteiger partial charge in [-0.3, -0.25) is 9.20 Å². The average molecular weight is 405 g/mol. The number of amides is 1. The summed E-state index contributed by atoms with van der Waals surface area (Å²) in [6.07, 6.45) is 3.04. The molecule has 0 aliphatic carbocycles. The van der Waals surface area contributed by atoms with Gasteiger partial charge in [0.05, 0.1) is 23.4 Å². The number of benzene rings is 2. The highest BCUT2D eigenvalue weighted by Gasteiger charge is 2.15. The number of carboxylic acids is 1. The molecular weight excluding hydrogens is 386 g/mol. The van der Waals surface area contributed by atoms with Gasteiger partial charge in [-0.1, -0.05) is 43.3 Å². The molecule has 0 radical (unpaired) electrons. The van der Waals surface area contributed by atoms with Crippen molar-refractivity contribution in [3.63, 3.8) is 0 Å². The Labute approximate surface area is 171 Å². The second-order valence-electron chi connectivity index (χ2n) is 6.63. The van der Waals surface area contributed by atoms with E-state index < -0.39 is 5.97 Å². The van der Waals surface area contributed by atoms with Crippen LogP contribution in [0.15, 0.2) is 60.1 Å². The van der Waals surface area contributed by atoms with Gasteiger partial charge in [-0.2, -0.15) is 0 Å². The minimum Gasteiger partial charge on any atom is -0.478 e. The third-order valence-electron chi connectivity index (χ3n) is 4.71. The lowest BCUT2D eigenvalue weighted by Crippen LogP contribution is -2.17. The van der Waals surface area contributed by atoms with E-state index in [1.807, 2.05) is 16.0 Å². The van der Waals surface area contributed by atoms with Crippen LogP contribution in [-0.2, 0) is 17.6 Å². The lowest BCUT2D eigenvalue weighted by molar-refractivity contribution is -0.115. The van der Waals surface area contributed by atoms with Gasteiger partial charge in [0.2, 0.25) is 5.91 Å². The third-order valence-corrected chi connectivity index (χ3v) is 5.60. The highest BCUT2D eigenvalue weighted by molar-refractivity contribution is 7.15. The number of carbonyl (C=O) groups is 2. The summed E-state index contributed by atoms with van der Waals surface area (Å²) in [6, 6.07) is 14.7. The fraction of sp³-hybridized carbons (Fsp3) is 0.136. The first-order valence-corrected chi connectivity index (χ1v) is 10.1. The van der Waals surface area contributed by atoms with Crippen molar-refractivity contribution in [2.24, 2.45) is 0 Å². The second-order valence-corrected chi connectivity index (χ2v) is 7.47. The monoisotopic (exact) mass is 405 g/mol. The molecular formula is C22H19N3O3S. The topological polar surface area (TPSA) is 83.7 Å². The van der Waals surface area contributed by atoms with Crippen LogP contribution in [0.4, 0.5) is 5.69 Å². The van der Waals surface area contributed by atoms with E-state index in [1.165, 1.54) is 23.0 Å². The second kappa shape index (κ2) is 7.89. The number of carbonyl (C=O) groups excluding carboxylic acids is 1. The van der Waals surface area contributed by atoms with Crippen LogP contribution < -0.4 is 5.32 Å². The fourth-order valence-electron chi connectivity index (χ4n) is 3.14. The van der Waals surface area contributed by atoms with E-state index in [2.05, 4.69) is 41.5 Å². The maximum Gasteiger partial charge on any atom is 0.337 e. The molecule has 29 heavy (non-hydrogen) atoms. The molecule has 0 aliphatic rings. The van der Waals surface area contributed by atoms with Crippen molar-refractivity contribution in [1.29, 1.82) is 0 Å². The van der Waals surface area contributed by atoms with Crippen LogP contribution in [0.5, 0.6) is 0 Å². The molecule has 2 aromatic heterocycles. The molecule has 0 aliphatic heterocycles. The van der Waals surface area contributed by atoms with E-state index >= 15 is 0 Å². The summed E-state index contributed by atoms with van der Waals surface area (Å²) in [6.45, 7) is 2.12. The number of hydrogen-bond acceptors (Lipinski definition) is 4. The number of aromatic carboxylic acids is 1. The Balaban J connectivity index is 1.55. The molecule has 1 amide bonds. The first-order valence-electron chi connectivity index (χ1n) is 9.22. The lowest BCUT2D eigenvalue weighted by Gasteiger charge is -2.08. The van der Waals surface area contributed by atoms with Crippen LogP contribution in [0, 0.1) is 0 Å². The Kier molecular flexibility index (Phi) is 5.14. The number of fused-ring (bicyclic) bond motifs is 1. The summed E-state index contributed by atoms with van der Waals surface area (Å²) in [5, 5.41) is 13.9. The van der Waals surface area contributed by atoms with Crippen molar-refractivity contribution < 1.29 is 14.7 Å². The zero-order valence-corrected chi connectivity index (χ0v) is 16.6. The van der Waals surface area contributed by atoms with E-state index in [4.69, 9.17) is 0 Å². The number of rotatable bonds is 6. The van der Waals surface area contributed by atoms with Gasteiger partial charge in [0.15, 0.2) is 4.96 Å². The molecule has 2 aromatic carbocycles. The van der Waals surface area contributed by atoms with Crippen molar-refractivity contribution in [2.75, 3.05) is 5.32 Å². The molecule has 0 fully saturated rings. The summed E-state index contributed by atoms with van der Waals surface area (Å²) in [7, 11) is 0. The summed E-state index contributed by atoms with van der Waals surface area (Å²) >= 11 is 1.47. The zero-order chi connectivity index (χ0) is 20.4. The van der Waals surface area contributed by atoms with Crippen molar-refractivity contribution in [2.45, 2.75) is 19.8 Å². The SMILES string of the molecule is CCc1ccc(-c2cn3c(CC(=O)Nc4ccccc4C(=O)O)csc3n2)cc1. The van der Waals surface area contributed by atoms with Gasteiger partial charge >= 0.3 is 5.97 Å². The number of carboxylic acid groups (broad SMARTS) is 1. The van der Waals surface area contributed by atoms with Gasteiger partial charge in [-0.15, -0.1) is 11.3 Å². The van der Waals surface area contributed by atoms with Crippen LogP contribution in [-0.4, -0.2) is 26.4 Å². The van der Waals surface area contributed by atoms with E-state index in [-0.39, 0.29) is 17.9 Å². The lowest BCUT2D eigenvalue weighted by atomic mass is 10.1. The van der Waals surface area contributed by atoms with Crippen LogP contribution in [0.25, 0.3) is 16.2 Å². The molecule has 4 aromatic rings. The van der Waals surface area contributed by atoms with Crippen LogP contribution in [0.2, 0.25) is 0 Å². The van der Waals surface area contributed by atoms with Gasteiger partial charge in [-0.05, 0) is 24.1 Å². The molecule has 2 N–H and O–H groups in total. The largest absolute Gasteiger partial charge is 0.478 e. The highest BCUT2D eigenvalue weighted by atomic mass is 32.1. The number of anilines is 1. The summed E-state index contributed by atoms with van der Waals surface area (Å²) in [4.78, 5) is 29.3. The van der Waals surface area contributed by atoms with Crippen LogP contribution >= 0.6 is 11.3 Å². The third kappa shape index (κ3) is 3.90. The number of hydrogen-bond donors (Lipinski definition) is 2. The molecule has 7 heteroatoms. The smallest absolute Gasteiger partial charge is 0.337 e. The van der Waals surface area contributed by atoms with Gasteiger partial charge in [-0.25, -0.2) is 9.78 Å². The molecule has 4 rings (SSSR count). The molecule has 2 heterocycles. The average Bonchev–Trinajstić information content (AvgIpc) is 3.30. The van der Waals surface area contributed by atoms with E-state index in [9.17, 15) is 14.7 Å².